The summed E-state index contributed by atoms with van der Waals surface area (Å²) in [5.41, 5.74) is 0.314. The first-order chi connectivity index (χ1) is 16.3. The summed E-state index contributed by atoms with van der Waals surface area (Å²) in [7, 11) is 0. The number of aliphatic hydroxyl groups is 1. The Balaban J connectivity index is 1.33. The lowest BCUT2D eigenvalue weighted by Crippen LogP contribution is -2.56. The molecule has 1 N–H and O–H groups in total. The first-order valence-corrected chi connectivity index (χ1v) is 14.1. The number of ether oxygens (including phenoxy) is 1. The van der Waals surface area contributed by atoms with Gasteiger partial charge in [0, 0.05) is 37.8 Å². The molecule has 2 fully saturated rings. The molecule has 1 aromatic rings. The van der Waals surface area contributed by atoms with Crippen LogP contribution in [0.15, 0.2) is 41.1 Å². The number of piperidine rings is 1. The van der Waals surface area contributed by atoms with Crippen molar-refractivity contribution in [1.82, 2.24) is 9.88 Å². The lowest BCUT2D eigenvalue weighted by atomic mass is 9.57. The van der Waals surface area contributed by atoms with Crippen molar-refractivity contribution in [3.63, 3.8) is 0 Å². The molecule has 6 atom stereocenters. The number of hydrogen-bond donors (Lipinski definition) is 1. The van der Waals surface area contributed by atoms with Gasteiger partial charge in [0.2, 0.25) is 0 Å². The van der Waals surface area contributed by atoms with Crippen LogP contribution in [-0.4, -0.2) is 58.1 Å². The maximum absolute atomic E-state index is 11.8. The maximum atomic E-state index is 11.8. The minimum Gasteiger partial charge on any atom is -0.458 e. The molecule has 1 aliphatic heterocycles. The van der Waals surface area contributed by atoms with Crippen molar-refractivity contribution in [2.45, 2.75) is 76.5 Å². The molecule has 5 nitrogen and oxygen atoms in total. The Morgan fingerprint density at radius 2 is 2.06 bits per heavy atom. The zero-order chi connectivity index (χ0) is 24.3. The van der Waals surface area contributed by atoms with Crippen LogP contribution in [0, 0.1) is 29.6 Å². The van der Waals surface area contributed by atoms with E-state index >= 15 is 0 Å². The second-order valence-corrected chi connectivity index (χ2v) is 12.1. The number of likely N-dealkylation sites (tertiary alicyclic amines) is 1. The monoisotopic (exact) mass is 486 g/mol. The van der Waals surface area contributed by atoms with Crippen LogP contribution in [0.25, 0.3) is 0 Å². The van der Waals surface area contributed by atoms with Crippen LogP contribution in [0.4, 0.5) is 0 Å². The van der Waals surface area contributed by atoms with Gasteiger partial charge in [-0.3, -0.25) is 4.79 Å². The third-order valence-electron chi connectivity index (χ3n) is 8.68. The molecule has 0 bridgehead atoms. The first-order valence-electron chi connectivity index (χ1n) is 13.1. The second-order valence-electron chi connectivity index (χ2n) is 11.1. The van der Waals surface area contributed by atoms with E-state index < -0.39 is 5.60 Å². The van der Waals surface area contributed by atoms with Crippen LogP contribution in [-0.2, 0) is 9.53 Å². The molecule has 3 aliphatic rings. The Labute approximate surface area is 209 Å². The van der Waals surface area contributed by atoms with Crippen molar-refractivity contribution in [3.8, 4) is 0 Å². The van der Waals surface area contributed by atoms with Crippen molar-refractivity contribution in [3.05, 3.63) is 36.0 Å². The number of rotatable bonds is 7. The Morgan fingerprint density at radius 1 is 1.29 bits per heavy atom. The molecule has 4 rings (SSSR count). The molecule has 0 spiro atoms. The highest BCUT2D eigenvalue weighted by Gasteiger charge is 2.52. The van der Waals surface area contributed by atoms with Gasteiger partial charge in [0.05, 0.1) is 10.6 Å². The van der Waals surface area contributed by atoms with Gasteiger partial charge < -0.3 is 14.7 Å². The maximum Gasteiger partial charge on any atom is 0.303 e. The highest BCUT2D eigenvalue weighted by atomic mass is 32.2. The first kappa shape index (κ1) is 25.7. The SMILES string of the molecule is CC(=O)O[C@@H]1C[C@@]2(O)[C@H](C)CC[C@@H](C(C)CN3CCC(CSc4ccccn4)CC3)[C@H]2C=C1C. The van der Waals surface area contributed by atoms with Gasteiger partial charge in [-0.1, -0.05) is 26.0 Å². The third-order valence-corrected chi connectivity index (χ3v) is 9.86. The summed E-state index contributed by atoms with van der Waals surface area (Å²) in [6, 6.07) is 6.13. The lowest BCUT2D eigenvalue weighted by Gasteiger charge is -2.53. The van der Waals surface area contributed by atoms with Gasteiger partial charge in [-0.2, -0.15) is 0 Å². The van der Waals surface area contributed by atoms with Gasteiger partial charge in [0.25, 0.3) is 0 Å². The lowest BCUT2D eigenvalue weighted by molar-refractivity contribution is -0.159. The van der Waals surface area contributed by atoms with Crippen LogP contribution in [0.1, 0.15) is 59.8 Å². The molecule has 2 heterocycles. The number of thioether (sulfide) groups is 1. The number of hydrogen-bond acceptors (Lipinski definition) is 6. The molecular formula is C28H42N2O3S. The molecule has 34 heavy (non-hydrogen) atoms. The number of carbonyl (C=O) groups excluding carboxylic acids is 1. The van der Waals surface area contributed by atoms with Crippen LogP contribution in [0.2, 0.25) is 0 Å². The molecule has 1 saturated heterocycles. The number of pyridine rings is 1. The average molecular weight is 487 g/mol. The highest BCUT2D eigenvalue weighted by Crippen LogP contribution is 2.51. The van der Waals surface area contributed by atoms with Gasteiger partial charge in [0.15, 0.2) is 0 Å². The van der Waals surface area contributed by atoms with E-state index in [0.29, 0.717) is 18.3 Å². The van der Waals surface area contributed by atoms with Gasteiger partial charge in [-0.25, -0.2) is 4.98 Å². The Hall–Kier alpha value is -1.37. The standard InChI is InChI=1S/C28H42N2O3S/c1-19-15-25-24(9-8-21(3)28(25,32)16-26(19)33-22(4)31)20(2)17-30-13-10-23(11-14-30)18-34-27-7-5-6-12-29-27/h5-7,12,15,20-21,23-26,32H,8-11,13-14,16-18H2,1-4H3/t20?,21-,24+,25-,26-,28-/m1/s1. The predicted molar refractivity (Wildman–Crippen MR) is 138 cm³/mol. The summed E-state index contributed by atoms with van der Waals surface area (Å²) in [4.78, 5) is 18.7. The van der Waals surface area contributed by atoms with Gasteiger partial charge in [-0.05, 0) is 87.1 Å². The molecule has 6 heteroatoms. The number of nitrogens with zero attached hydrogens (tertiary/aromatic N) is 2. The molecule has 1 saturated carbocycles. The molecule has 1 aromatic heterocycles. The Morgan fingerprint density at radius 3 is 2.74 bits per heavy atom. The summed E-state index contributed by atoms with van der Waals surface area (Å²) in [6.45, 7) is 11.5. The average Bonchev–Trinajstić information content (AvgIpc) is 2.81. The number of fused-ring (bicyclic) bond motifs is 1. The zero-order valence-corrected chi connectivity index (χ0v) is 22.1. The van der Waals surface area contributed by atoms with Crippen molar-refractivity contribution >= 4 is 17.7 Å². The largest absolute Gasteiger partial charge is 0.458 e. The topological polar surface area (TPSA) is 62.7 Å². The molecule has 2 aliphatic carbocycles. The fraction of sp³-hybridized carbons (Fsp3) is 0.714. The highest BCUT2D eigenvalue weighted by molar-refractivity contribution is 7.99. The zero-order valence-electron chi connectivity index (χ0n) is 21.3. The fourth-order valence-corrected chi connectivity index (χ4v) is 7.56. The molecule has 0 amide bonds. The van der Waals surface area contributed by atoms with E-state index in [0.717, 1.165) is 41.7 Å². The van der Waals surface area contributed by atoms with E-state index in [2.05, 4.69) is 48.9 Å². The van der Waals surface area contributed by atoms with Gasteiger partial charge in [0.1, 0.15) is 6.10 Å². The van der Waals surface area contributed by atoms with E-state index in [4.69, 9.17) is 4.74 Å². The van der Waals surface area contributed by atoms with Crippen LogP contribution < -0.4 is 0 Å². The van der Waals surface area contributed by atoms with Gasteiger partial charge >= 0.3 is 5.97 Å². The van der Waals surface area contributed by atoms with E-state index in [-0.39, 0.29) is 23.9 Å². The van der Waals surface area contributed by atoms with Crippen LogP contribution in [0.5, 0.6) is 0 Å². The minimum atomic E-state index is -0.785. The fourth-order valence-electron chi connectivity index (χ4n) is 6.51. The summed E-state index contributed by atoms with van der Waals surface area (Å²) in [5, 5.41) is 12.9. The minimum absolute atomic E-state index is 0.144. The molecule has 0 aromatic carbocycles. The van der Waals surface area contributed by atoms with Gasteiger partial charge in [-0.15, -0.1) is 11.8 Å². The summed E-state index contributed by atoms with van der Waals surface area (Å²) >= 11 is 1.89. The Kier molecular flexibility index (Phi) is 8.42. The van der Waals surface area contributed by atoms with E-state index in [1.54, 1.807) is 0 Å². The summed E-state index contributed by atoms with van der Waals surface area (Å²) < 4.78 is 5.56. The van der Waals surface area contributed by atoms with E-state index in [1.165, 1.54) is 32.9 Å². The van der Waals surface area contributed by atoms with Crippen LogP contribution in [0.3, 0.4) is 0 Å². The third kappa shape index (κ3) is 5.88. The number of carbonyl (C=O) groups is 1. The molecular weight excluding hydrogens is 444 g/mol. The quantitative estimate of drug-likeness (QED) is 0.325. The predicted octanol–water partition coefficient (Wildman–Crippen LogP) is 5.20. The number of aromatic nitrogens is 1. The normalized spacial score (nSPS) is 33.6. The van der Waals surface area contributed by atoms with Crippen molar-refractivity contribution in [2.75, 3.05) is 25.4 Å². The molecule has 1 unspecified atom stereocenters. The Bertz CT molecular complexity index is 854. The number of esters is 1. The second kappa shape index (κ2) is 11.1. The van der Waals surface area contributed by atoms with Crippen molar-refractivity contribution in [1.29, 1.82) is 0 Å². The molecule has 0 radical (unpaired) electrons. The van der Waals surface area contributed by atoms with E-state index in [9.17, 15) is 9.90 Å². The van der Waals surface area contributed by atoms with E-state index in [1.807, 2.05) is 24.0 Å². The van der Waals surface area contributed by atoms with Crippen LogP contribution >= 0.6 is 11.8 Å². The molecule has 188 valence electrons. The van der Waals surface area contributed by atoms with Crippen molar-refractivity contribution < 1.29 is 14.6 Å². The summed E-state index contributed by atoms with van der Waals surface area (Å²) in [6.07, 6.45) is 9.06. The van der Waals surface area contributed by atoms with Crippen molar-refractivity contribution in [2.24, 2.45) is 29.6 Å². The summed E-state index contributed by atoms with van der Waals surface area (Å²) in [5.74, 6) is 3.01. The smallest absolute Gasteiger partial charge is 0.303 e.